The Hall–Kier alpha value is -2.53. The third-order valence-electron chi connectivity index (χ3n) is 4.50. The first-order valence-corrected chi connectivity index (χ1v) is 8.82. The van der Waals surface area contributed by atoms with E-state index in [1.165, 1.54) is 12.7 Å². The number of likely N-dealkylation sites (tertiary alicyclic amines) is 1. The summed E-state index contributed by atoms with van der Waals surface area (Å²) in [5.41, 5.74) is 2.83. The molecule has 1 atom stereocenters. The van der Waals surface area contributed by atoms with Crippen LogP contribution in [0.15, 0.2) is 42.5 Å². The van der Waals surface area contributed by atoms with Gasteiger partial charge < -0.3 is 15.0 Å². The average molecular weight is 373 g/mol. The summed E-state index contributed by atoms with van der Waals surface area (Å²) >= 11 is 6.08. The average Bonchev–Trinajstić information content (AvgIpc) is 2.98. The molecule has 0 saturated carbocycles. The van der Waals surface area contributed by atoms with E-state index in [0.29, 0.717) is 29.5 Å². The molecule has 0 spiro atoms. The summed E-state index contributed by atoms with van der Waals surface area (Å²) in [4.78, 5) is 26.5. The smallest absolute Gasteiger partial charge is 0.229 e. The molecule has 1 saturated heterocycles. The number of hydrogen-bond acceptors (Lipinski definition) is 3. The van der Waals surface area contributed by atoms with E-state index in [0.717, 1.165) is 5.56 Å². The summed E-state index contributed by atoms with van der Waals surface area (Å²) < 4.78 is 5.10. The minimum Gasteiger partial charge on any atom is -0.495 e. The van der Waals surface area contributed by atoms with E-state index in [-0.39, 0.29) is 24.2 Å². The van der Waals surface area contributed by atoms with Gasteiger partial charge in [-0.15, -0.1) is 0 Å². The van der Waals surface area contributed by atoms with Gasteiger partial charge >= 0.3 is 0 Å². The lowest BCUT2D eigenvalue weighted by Gasteiger charge is -2.17. The molecule has 26 heavy (non-hydrogen) atoms. The Morgan fingerprint density at radius 2 is 2.00 bits per heavy atom. The zero-order valence-corrected chi connectivity index (χ0v) is 15.5. The van der Waals surface area contributed by atoms with E-state index in [1.807, 2.05) is 31.2 Å². The second-order valence-corrected chi connectivity index (χ2v) is 6.91. The number of benzene rings is 2. The third-order valence-corrected chi connectivity index (χ3v) is 4.79. The maximum atomic E-state index is 12.5. The summed E-state index contributed by atoms with van der Waals surface area (Å²) in [5, 5.41) is 3.26. The molecule has 1 N–H and O–H groups in total. The van der Waals surface area contributed by atoms with Gasteiger partial charge in [-0.3, -0.25) is 9.59 Å². The van der Waals surface area contributed by atoms with Gasteiger partial charge in [0.2, 0.25) is 11.8 Å². The highest BCUT2D eigenvalue weighted by atomic mass is 35.5. The maximum Gasteiger partial charge on any atom is 0.229 e. The van der Waals surface area contributed by atoms with Crippen LogP contribution in [0.25, 0.3) is 0 Å². The predicted molar refractivity (Wildman–Crippen MR) is 101 cm³/mol. The normalized spacial score (nSPS) is 16.7. The van der Waals surface area contributed by atoms with Crippen molar-refractivity contribution in [1.82, 2.24) is 4.90 Å². The highest BCUT2D eigenvalue weighted by Gasteiger charge is 2.34. The molecule has 1 aliphatic rings. The topological polar surface area (TPSA) is 58.6 Å². The van der Waals surface area contributed by atoms with E-state index in [2.05, 4.69) is 5.32 Å². The quantitative estimate of drug-likeness (QED) is 0.871. The molecular formula is C20H21ClN2O3. The predicted octanol–water partition coefficient (Wildman–Crippen LogP) is 3.64. The Morgan fingerprint density at radius 1 is 1.27 bits per heavy atom. The molecule has 1 aliphatic heterocycles. The van der Waals surface area contributed by atoms with Gasteiger partial charge in [-0.05, 0) is 30.7 Å². The minimum absolute atomic E-state index is 0.00140. The molecule has 0 radical (unpaired) electrons. The second kappa shape index (κ2) is 7.79. The molecule has 6 heteroatoms. The number of nitrogens with zero attached hydrogens (tertiary/aromatic N) is 1. The van der Waals surface area contributed by atoms with Gasteiger partial charge in [-0.25, -0.2) is 0 Å². The lowest BCUT2D eigenvalue weighted by Crippen LogP contribution is -2.28. The van der Waals surface area contributed by atoms with Crippen LogP contribution in [0.1, 0.15) is 17.5 Å². The van der Waals surface area contributed by atoms with Crippen molar-refractivity contribution in [3.63, 3.8) is 0 Å². The fourth-order valence-electron chi connectivity index (χ4n) is 3.00. The van der Waals surface area contributed by atoms with Gasteiger partial charge in [0.25, 0.3) is 0 Å². The Morgan fingerprint density at radius 3 is 2.65 bits per heavy atom. The fraction of sp³-hybridized carbons (Fsp3) is 0.300. The highest BCUT2D eigenvalue weighted by molar-refractivity contribution is 6.32. The molecule has 5 nitrogen and oxygen atoms in total. The number of nitrogens with one attached hydrogen (secondary N) is 1. The minimum atomic E-state index is -0.367. The van der Waals surface area contributed by atoms with Gasteiger partial charge in [0, 0.05) is 25.2 Å². The summed E-state index contributed by atoms with van der Waals surface area (Å²) in [5.74, 6) is 0.00304. The van der Waals surface area contributed by atoms with Gasteiger partial charge in [0.15, 0.2) is 0 Å². The van der Waals surface area contributed by atoms with Gasteiger partial charge in [0.05, 0.1) is 18.1 Å². The van der Waals surface area contributed by atoms with Crippen LogP contribution >= 0.6 is 11.6 Å². The maximum absolute atomic E-state index is 12.5. The Balaban J connectivity index is 1.61. The van der Waals surface area contributed by atoms with Crippen molar-refractivity contribution in [3.05, 3.63) is 58.6 Å². The molecule has 136 valence electrons. The SMILES string of the molecule is COc1ccc(NC(=O)[C@@H]2CC(=O)N(Cc3ccc(C)cc3)C2)cc1Cl. The number of methoxy groups -OCH3 is 1. The number of hydrogen-bond donors (Lipinski definition) is 1. The molecule has 0 aliphatic carbocycles. The molecule has 2 aromatic carbocycles. The standard InChI is InChI=1S/C20H21ClN2O3/c1-13-3-5-14(6-4-13)11-23-12-15(9-19(23)24)20(25)22-16-7-8-18(26-2)17(21)10-16/h3-8,10,15H,9,11-12H2,1-2H3,(H,22,25)/t15-/m1/s1. The molecule has 1 heterocycles. The Kier molecular flexibility index (Phi) is 5.47. The number of ether oxygens (including phenoxy) is 1. The van der Waals surface area contributed by atoms with Crippen LogP contribution in [0.5, 0.6) is 5.75 Å². The molecule has 2 aromatic rings. The van der Waals surface area contributed by atoms with Gasteiger partial charge in [0.1, 0.15) is 5.75 Å². The summed E-state index contributed by atoms with van der Waals surface area (Å²) in [6, 6.07) is 13.1. The summed E-state index contributed by atoms with van der Waals surface area (Å²) in [6.45, 7) is 2.97. The number of aryl methyl sites for hydroxylation is 1. The first-order chi connectivity index (χ1) is 12.5. The van der Waals surface area contributed by atoms with Crippen molar-refractivity contribution in [1.29, 1.82) is 0 Å². The van der Waals surface area contributed by atoms with Crippen molar-refractivity contribution in [2.75, 3.05) is 19.0 Å². The third kappa shape index (κ3) is 4.17. The number of rotatable bonds is 5. The van der Waals surface area contributed by atoms with Crippen molar-refractivity contribution < 1.29 is 14.3 Å². The lowest BCUT2D eigenvalue weighted by atomic mass is 10.1. The van der Waals surface area contributed by atoms with Gasteiger partial charge in [-0.2, -0.15) is 0 Å². The summed E-state index contributed by atoms with van der Waals surface area (Å²) in [6.07, 6.45) is 0.224. The first-order valence-electron chi connectivity index (χ1n) is 8.44. The van der Waals surface area contributed by atoms with Crippen LogP contribution in [0.3, 0.4) is 0 Å². The number of carbonyl (C=O) groups excluding carboxylic acids is 2. The van der Waals surface area contributed by atoms with E-state index in [4.69, 9.17) is 16.3 Å². The Bertz CT molecular complexity index is 820. The summed E-state index contributed by atoms with van der Waals surface area (Å²) in [7, 11) is 1.53. The van der Waals surface area contributed by atoms with E-state index in [9.17, 15) is 9.59 Å². The lowest BCUT2D eigenvalue weighted by molar-refractivity contribution is -0.128. The van der Waals surface area contributed by atoms with Crippen molar-refractivity contribution in [3.8, 4) is 5.75 Å². The zero-order valence-electron chi connectivity index (χ0n) is 14.8. The first kappa shape index (κ1) is 18.3. The second-order valence-electron chi connectivity index (χ2n) is 6.50. The van der Waals surface area contributed by atoms with Crippen LogP contribution in [0.2, 0.25) is 5.02 Å². The van der Waals surface area contributed by atoms with Crippen LogP contribution < -0.4 is 10.1 Å². The molecule has 1 fully saturated rings. The molecular weight excluding hydrogens is 352 g/mol. The van der Waals surface area contributed by atoms with Crippen molar-refractivity contribution in [2.24, 2.45) is 5.92 Å². The largest absolute Gasteiger partial charge is 0.495 e. The number of amides is 2. The molecule has 0 bridgehead atoms. The Labute approximate surface area is 157 Å². The van der Waals surface area contributed by atoms with Crippen LogP contribution in [-0.4, -0.2) is 30.4 Å². The zero-order chi connectivity index (χ0) is 18.7. The highest BCUT2D eigenvalue weighted by Crippen LogP contribution is 2.28. The molecule has 0 unspecified atom stereocenters. The number of carbonyl (C=O) groups is 2. The molecule has 2 amide bonds. The van der Waals surface area contributed by atoms with Crippen LogP contribution in [-0.2, 0) is 16.1 Å². The fourth-order valence-corrected chi connectivity index (χ4v) is 3.26. The number of halogens is 1. The molecule has 3 rings (SSSR count). The van der Waals surface area contributed by atoms with E-state index < -0.39 is 0 Å². The monoisotopic (exact) mass is 372 g/mol. The van der Waals surface area contributed by atoms with Crippen LogP contribution in [0, 0.1) is 12.8 Å². The molecule has 0 aromatic heterocycles. The number of anilines is 1. The van der Waals surface area contributed by atoms with E-state index in [1.54, 1.807) is 23.1 Å². The van der Waals surface area contributed by atoms with Gasteiger partial charge in [-0.1, -0.05) is 41.4 Å². The van der Waals surface area contributed by atoms with Crippen molar-refractivity contribution >= 4 is 29.1 Å². The van der Waals surface area contributed by atoms with Crippen LogP contribution in [0.4, 0.5) is 5.69 Å². The van der Waals surface area contributed by atoms with E-state index >= 15 is 0 Å². The van der Waals surface area contributed by atoms with Crippen molar-refractivity contribution in [2.45, 2.75) is 19.9 Å².